The number of hydrogen-bond acceptors (Lipinski definition) is 1. The smallest absolute Gasteiger partial charge is 0.00696 e. The van der Waals surface area contributed by atoms with E-state index in [1.807, 2.05) is 13.8 Å². The summed E-state index contributed by atoms with van der Waals surface area (Å²) < 4.78 is 0. The lowest BCUT2D eigenvalue weighted by atomic mass is 9.91. The van der Waals surface area contributed by atoms with Gasteiger partial charge in [-0.15, -0.1) is 0 Å². The zero-order valence-electron chi connectivity index (χ0n) is 8.94. The molecule has 1 fully saturated rings. The quantitative estimate of drug-likeness (QED) is 0.522. The fourth-order valence-corrected chi connectivity index (χ4v) is 1.85. The number of nitrogens with zero attached hydrogens (tertiary/aromatic N) is 1. The van der Waals surface area contributed by atoms with Crippen LogP contribution in [0, 0.1) is 5.41 Å². The molecule has 0 bridgehead atoms. The molecular weight excluding hydrogens is 134 g/mol. The van der Waals surface area contributed by atoms with Gasteiger partial charge < -0.3 is 4.90 Å². The Morgan fingerprint density at radius 3 is 1.82 bits per heavy atom. The van der Waals surface area contributed by atoms with Crippen LogP contribution < -0.4 is 0 Å². The van der Waals surface area contributed by atoms with Crippen molar-refractivity contribution in [3.63, 3.8) is 0 Å². The van der Waals surface area contributed by atoms with Crippen LogP contribution in [0.5, 0.6) is 0 Å². The first-order chi connectivity index (χ1) is 5.01. The average Bonchev–Trinajstić information content (AvgIpc) is 2.10. The molecule has 11 heavy (non-hydrogen) atoms. The van der Waals surface area contributed by atoms with Crippen molar-refractivity contribution in [2.45, 2.75) is 47.1 Å². The zero-order chi connectivity index (χ0) is 9.07. The van der Waals surface area contributed by atoms with E-state index in [-0.39, 0.29) is 0 Å². The van der Waals surface area contributed by atoms with Crippen molar-refractivity contribution in [3.8, 4) is 0 Å². The molecule has 0 aliphatic carbocycles. The molecule has 1 aliphatic rings. The van der Waals surface area contributed by atoms with Crippen molar-refractivity contribution < 1.29 is 0 Å². The van der Waals surface area contributed by atoms with Gasteiger partial charge in [0.05, 0.1) is 0 Å². The lowest BCUT2D eigenvalue weighted by molar-refractivity contribution is 0.308. The van der Waals surface area contributed by atoms with E-state index < -0.39 is 0 Å². The SMILES string of the molecule is CC.CC1CC(C)(C)CN1C. The van der Waals surface area contributed by atoms with Gasteiger partial charge in [0, 0.05) is 12.6 Å². The highest BCUT2D eigenvalue weighted by atomic mass is 15.2. The Balaban J connectivity index is 0.000000461. The Bertz CT molecular complexity index is 95.4. The Labute approximate surface area is 71.8 Å². The van der Waals surface area contributed by atoms with Crippen molar-refractivity contribution in [1.82, 2.24) is 4.90 Å². The van der Waals surface area contributed by atoms with Crippen LogP contribution >= 0.6 is 0 Å². The van der Waals surface area contributed by atoms with Crippen LogP contribution in [0.2, 0.25) is 0 Å². The van der Waals surface area contributed by atoms with Gasteiger partial charge in [-0.25, -0.2) is 0 Å². The highest BCUT2D eigenvalue weighted by Gasteiger charge is 2.31. The standard InChI is InChI=1S/C8H17N.C2H6/c1-7-5-8(2,3)6-9(7)4;1-2/h7H,5-6H2,1-4H3;1-2H3. The van der Waals surface area contributed by atoms with Gasteiger partial charge in [-0.05, 0) is 25.8 Å². The van der Waals surface area contributed by atoms with Crippen LogP contribution in [0.25, 0.3) is 0 Å². The third-order valence-electron chi connectivity index (χ3n) is 2.28. The van der Waals surface area contributed by atoms with Crippen molar-refractivity contribution >= 4 is 0 Å². The largest absolute Gasteiger partial charge is 0.303 e. The zero-order valence-corrected chi connectivity index (χ0v) is 8.94. The molecular formula is C10H23N. The molecule has 1 heteroatoms. The molecule has 1 nitrogen and oxygen atoms in total. The fraction of sp³-hybridized carbons (Fsp3) is 1.00. The monoisotopic (exact) mass is 157 g/mol. The molecule has 1 rings (SSSR count). The molecule has 0 aromatic rings. The molecule has 0 saturated carbocycles. The lowest BCUT2D eigenvalue weighted by Gasteiger charge is -2.15. The molecule has 0 amide bonds. The summed E-state index contributed by atoms with van der Waals surface area (Å²) in [7, 11) is 2.21. The Hall–Kier alpha value is -0.0400. The maximum Gasteiger partial charge on any atom is 0.00696 e. The minimum atomic E-state index is 0.564. The molecule has 0 aromatic heterocycles. The molecule has 1 atom stereocenters. The second-order valence-corrected chi connectivity index (χ2v) is 4.13. The van der Waals surface area contributed by atoms with E-state index in [1.54, 1.807) is 0 Å². The molecule has 1 aliphatic heterocycles. The Morgan fingerprint density at radius 1 is 1.27 bits per heavy atom. The molecule has 0 radical (unpaired) electrons. The molecule has 1 heterocycles. The van der Waals surface area contributed by atoms with Gasteiger partial charge in [0.25, 0.3) is 0 Å². The summed E-state index contributed by atoms with van der Waals surface area (Å²) in [5.41, 5.74) is 0.564. The number of hydrogen-bond donors (Lipinski definition) is 0. The first kappa shape index (κ1) is 11.0. The molecule has 0 N–H and O–H groups in total. The van der Waals surface area contributed by atoms with Gasteiger partial charge in [0.15, 0.2) is 0 Å². The second kappa shape index (κ2) is 4.10. The highest BCUT2D eigenvalue weighted by Crippen LogP contribution is 2.31. The van der Waals surface area contributed by atoms with Gasteiger partial charge in [0.1, 0.15) is 0 Å². The molecule has 0 spiro atoms. The van der Waals surface area contributed by atoms with Crippen molar-refractivity contribution in [2.24, 2.45) is 5.41 Å². The van der Waals surface area contributed by atoms with Crippen LogP contribution in [-0.2, 0) is 0 Å². The predicted molar refractivity (Wildman–Crippen MR) is 51.8 cm³/mol. The first-order valence-corrected chi connectivity index (χ1v) is 4.71. The highest BCUT2D eigenvalue weighted by molar-refractivity contribution is 4.86. The maximum atomic E-state index is 2.43. The topological polar surface area (TPSA) is 3.24 Å². The maximum absolute atomic E-state index is 2.43. The fourth-order valence-electron chi connectivity index (χ4n) is 1.85. The van der Waals surface area contributed by atoms with E-state index in [1.165, 1.54) is 13.0 Å². The molecule has 68 valence electrons. The minimum Gasteiger partial charge on any atom is -0.303 e. The first-order valence-electron chi connectivity index (χ1n) is 4.71. The van der Waals surface area contributed by atoms with Gasteiger partial charge in [-0.1, -0.05) is 27.7 Å². The minimum absolute atomic E-state index is 0.564. The Morgan fingerprint density at radius 2 is 1.73 bits per heavy atom. The van der Waals surface area contributed by atoms with Crippen LogP contribution in [0.1, 0.15) is 41.0 Å². The second-order valence-electron chi connectivity index (χ2n) is 4.13. The molecule has 0 aromatic carbocycles. The van der Waals surface area contributed by atoms with Gasteiger partial charge >= 0.3 is 0 Å². The third-order valence-corrected chi connectivity index (χ3v) is 2.28. The summed E-state index contributed by atoms with van der Waals surface area (Å²) in [4.78, 5) is 2.43. The summed E-state index contributed by atoms with van der Waals surface area (Å²) in [6, 6.07) is 0.792. The third kappa shape index (κ3) is 3.24. The molecule has 1 unspecified atom stereocenters. The van der Waals surface area contributed by atoms with Crippen molar-refractivity contribution in [1.29, 1.82) is 0 Å². The van der Waals surface area contributed by atoms with Crippen LogP contribution in [0.4, 0.5) is 0 Å². The van der Waals surface area contributed by atoms with E-state index in [4.69, 9.17) is 0 Å². The van der Waals surface area contributed by atoms with Crippen LogP contribution in [0.15, 0.2) is 0 Å². The van der Waals surface area contributed by atoms with Crippen LogP contribution in [0.3, 0.4) is 0 Å². The normalized spacial score (nSPS) is 29.5. The van der Waals surface area contributed by atoms with Gasteiger partial charge in [-0.2, -0.15) is 0 Å². The van der Waals surface area contributed by atoms with E-state index in [0.29, 0.717) is 5.41 Å². The van der Waals surface area contributed by atoms with Gasteiger partial charge in [0.2, 0.25) is 0 Å². The number of likely N-dealkylation sites (tertiary alicyclic amines) is 1. The van der Waals surface area contributed by atoms with Crippen molar-refractivity contribution in [3.05, 3.63) is 0 Å². The summed E-state index contributed by atoms with van der Waals surface area (Å²) in [5, 5.41) is 0. The average molecular weight is 157 g/mol. The summed E-state index contributed by atoms with van der Waals surface area (Å²) >= 11 is 0. The number of rotatable bonds is 0. The molecule has 1 saturated heterocycles. The van der Waals surface area contributed by atoms with Crippen LogP contribution in [-0.4, -0.2) is 24.5 Å². The summed E-state index contributed by atoms with van der Waals surface area (Å²) in [6.45, 7) is 12.2. The summed E-state index contributed by atoms with van der Waals surface area (Å²) in [6.07, 6.45) is 1.35. The lowest BCUT2D eigenvalue weighted by Crippen LogP contribution is -2.22. The predicted octanol–water partition coefficient (Wildman–Crippen LogP) is 2.76. The van der Waals surface area contributed by atoms with E-state index in [9.17, 15) is 0 Å². The van der Waals surface area contributed by atoms with Gasteiger partial charge in [-0.3, -0.25) is 0 Å². The van der Waals surface area contributed by atoms with E-state index >= 15 is 0 Å². The summed E-state index contributed by atoms with van der Waals surface area (Å²) in [5.74, 6) is 0. The van der Waals surface area contributed by atoms with E-state index in [2.05, 4.69) is 32.7 Å². The van der Waals surface area contributed by atoms with E-state index in [0.717, 1.165) is 6.04 Å². The Kier molecular flexibility index (Phi) is 4.09. The van der Waals surface area contributed by atoms with Crippen molar-refractivity contribution in [2.75, 3.05) is 13.6 Å².